The Bertz CT molecular complexity index is 2170. The first-order chi connectivity index (χ1) is 29.1. The molecule has 5 fully saturated rings. The van der Waals surface area contributed by atoms with Crippen molar-refractivity contribution >= 4 is 15.8 Å². The number of nitrogens with zero attached hydrogens (tertiary/aromatic N) is 2. The van der Waals surface area contributed by atoms with Crippen LogP contribution in [0, 0.1) is 68.0 Å². The zero-order valence-electron chi connectivity index (χ0n) is 38.8. The summed E-state index contributed by atoms with van der Waals surface area (Å²) in [7, 11) is -3.08. The van der Waals surface area contributed by atoms with Crippen LogP contribution in [0.4, 0.5) is 0 Å². The normalized spacial score (nSPS) is 42.4. The van der Waals surface area contributed by atoms with Crippen LogP contribution in [0.3, 0.4) is 0 Å². The number of allylic oxidation sites excluding steroid dienone is 5. The van der Waals surface area contributed by atoms with Crippen LogP contribution in [0.1, 0.15) is 156 Å². The third-order valence-corrected chi connectivity index (χ3v) is 21.7. The van der Waals surface area contributed by atoms with Crippen molar-refractivity contribution in [3.8, 4) is 11.9 Å². The van der Waals surface area contributed by atoms with E-state index in [1.807, 2.05) is 0 Å². The van der Waals surface area contributed by atoms with Gasteiger partial charge in [0.05, 0.1) is 10.9 Å². The Balaban J connectivity index is 0.998. The molecule has 7 aliphatic rings. The summed E-state index contributed by atoms with van der Waals surface area (Å²) in [5.41, 5.74) is 3.02. The second-order valence-corrected chi connectivity index (χ2v) is 25.4. The van der Waals surface area contributed by atoms with E-state index in [-0.39, 0.29) is 44.9 Å². The van der Waals surface area contributed by atoms with Gasteiger partial charge in [0.2, 0.25) is 5.88 Å². The van der Waals surface area contributed by atoms with Gasteiger partial charge < -0.3 is 20.3 Å². The summed E-state index contributed by atoms with van der Waals surface area (Å²) >= 11 is 0. The van der Waals surface area contributed by atoms with Gasteiger partial charge in [0, 0.05) is 18.0 Å². The fourth-order valence-corrected chi connectivity index (χ4v) is 17.4. The molecule has 5 saturated carbocycles. The van der Waals surface area contributed by atoms with Gasteiger partial charge in [-0.3, -0.25) is 4.79 Å². The zero-order chi connectivity index (χ0) is 44.7. The molecule has 1 aromatic heterocycles. The predicted molar refractivity (Wildman–Crippen MR) is 244 cm³/mol. The summed E-state index contributed by atoms with van der Waals surface area (Å²) in [6.07, 6.45) is 22.7. The lowest BCUT2D eigenvalue weighted by molar-refractivity contribution is -0.221. The second kappa shape index (κ2) is 15.9. The van der Waals surface area contributed by atoms with Gasteiger partial charge in [-0.2, -0.15) is 5.26 Å². The monoisotopic (exact) mass is 870 g/mol. The number of fused-ring (bicyclic) bond motifs is 7. The number of pyridine rings is 1. The Morgan fingerprint density at radius 2 is 1.69 bits per heavy atom. The molecule has 7 aliphatic carbocycles. The Morgan fingerprint density at radius 3 is 2.34 bits per heavy atom. The average molecular weight is 870 g/mol. The number of carboxylic acid groups (broad SMARTS) is 1. The van der Waals surface area contributed by atoms with Crippen LogP contribution < -0.4 is 10.1 Å². The van der Waals surface area contributed by atoms with Crippen molar-refractivity contribution in [2.75, 3.05) is 19.4 Å². The molecule has 1 unspecified atom stereocenters. The molecular formula is C52H75N3O6S. The van der Waals surface area contributed by atoms with Gasteiger partial charge in [-0.1, -0.05) is 58.9 Å². The highest BCUT2D eigenvalue weighted by Gasteiger charge is 2.70. The maximum atomic E-state index is 12.8. The molecule has 8 rings (SSSR count). The topological polar surface area (TPSA) is 150 Å². The molecule has 0 amide bonds. The number of carboxylic acids is 1. The van der Waals surface area contributed by atoms with E-state index in [1.54, 1.807) is 18.3 Å². The highest BCUT2D eigenvalue weighted by Crippen LogP contribution is 2.76. The molecule has 9 nitrogen and oxygen atoms in total. The Morgan fingerprint density at radius 1 is 0.952 bits per heavy atom. The van der Waals surface area contributed by atoms with E-state index in [4.69, 9.17) is 4.74 Å². The van der Waals surface area contributed by atoms with E-state index < -0.39 is 26.8 Å². The Hall–Kier alpha value is -3.00. The van der Waals surface area contributed by atoms with Gasteiger partial charge in [0.1, 0.15) is 33.5 Å². The number of aromatic nitrogens is 1. The molecule has 0 bridgehead atoms. The quantitative estimate of drug-likeness (QED) is 0.185. The minimum atomic E-state index is -3.08. The average Bonchev–Trinajstić information content (AvgIpc) is 3.60. The molecule has 0 aliphatic heterocycles. The van der Waals surface area contributed by atoms with E-state index in [2.05, 4.69) is 76.6 Å². The van der Waals surface area contributed by atoms with Crippen LogP contribution in [-0.2, 0) is 14.6 Å². The molecule has 62 heavy (non-hydrogen) atoms. The summed E-state index contributed by atoms with van der Waals surface area (Å²) in [4.78, 5) is 17.0. The number of nitrogens with one attached hydrogen (secondary N) is 1. The first-order valence-corrected chi connectivity index (χ1v) is 26.0. The zero-order valence-corrected chi connectivity index (χ0v) is 39.6. The van der Waals surface area contributed by atoms with Crippen molar-refractivity contribution in [1.29, 1.82) is 5.26 Å². The second-order valence-electron chi connectivity index (χ2n) is 23.1. The van der Waals surface area contributed by atoms with Crippen molar-refractivity contribution in [1.82, 2.24) is 10.3 Å². The molecule has 0 saturated heterocycles. The first-order valence-electron chi connectivity index (χ1n) is 24.0. The fourth-order valence-electron chi connectivity index (χ4n) is 16.3. The van der Waals surface area contributed by atoms with Crippen LogP contribution in [0.15, 0.2) is 53.8 Å². The van der Waals surface area contributed by atoms with Gasteiger partial charge in [0.25, 0.3) is 0 Å². The lowest BCUT2D eigenvalue weighted by atomic mass is 9.33. The number of carbonyl (C=O) groups is 1. The lowest BCUT2D eigenvalue weighted by Gasteiger charge is -2.72. The molecule has 0 spiro atoms. The number of sulfone groups is 1. The molecule has 0 radical (unpaired) electrons. The first kappa shape index (κ1) is 45.6. The molecule has 3 N–H and O–H groups in total. The van der Waals surface area contributed by atoms with Crippen LogP contribution in [0.2, 0.25) is 0 Å². The number of aliphatic carboxylic acids is 1. The van der Waals surface area contributed by atoms with Gasteiger partial charge in [-0.05, 0) is 197 Å². The van der Waals surface area contributed by atoms with Crippen LogP contribution >= 0.6 is 0 Å². The SMILES string of the molecule is C=C(C)C1CC[C@]2(NCCC3(O)CCC(S(C)(=O)=O)CC3)CC[C@]3(C)[C@H](CC[C@@H]4[C@@]5(C)CC=C(C6=CC[C@](COc7ncccc7C#N)(C(=O)O)CC6)C(C)(C)[C@@H]5CC[C@]43C)[C@@H]12. The Kier molecular flexibility index (Phi) is 11.7. The number of hydrogen-bond donors (Lipinski definition) is 3. The largest absolute Gasteiger partial charge is 0.481 e. The van der Waals surface area contributed by atoms with Crippen LogP contribution in [0.25, 0.3) is 0 Å². The van der Waals surface area contributed by atoms with E-state index in [0.717, 1.165) is 25.8 Å². The number of rotatable bonds is 11. The minimum absolute atomic E-state index is 0.0230. The van der Waals surface area contributed by atoms with Crippen molar-refractivity contribution in [2.45, 2.75) is 167 Å². The summed E-state index contributed by atoms with van der Waals surface area (Å²) < 4.78 is 30.4. The van der Waals surface area contributed by atoms with Crippen LogP contribution in [0.5, 0.6) is 5.88 Å². The highest BCUT2D eigenvalue weighted by atomic mass is 32.2. The third-order valence-electron chi connectivity index (χ3n) is 20.0. The number of aliphatic hydroxyl groups is 1. The van der Waals surface area contributed by atoms with Crippen molar-refractivity contribution in [3.63, 3.8) is 0 Å². The molecule has 10 atom stereocenters. The number of hydrogen-bond acceptors (Lipinski definition) is 8. The molecule has 340 valence electrons. The predicted octanol–water partition coefficient (Wildman–Crippen LogP) is 10.2. The summed E-state index contributed by atoms with van der Waals surface area (Å²) in [6.45, 7) is 20.5. The molecular weight excluding hydrogens is 795 g/mol. The lowest BCUT2D eigenvalue weighted by Crippen LogP contribution is -2.68. The molecule has 1 aromatic rings. The van der Waals surface area contributed by atoms with Gasteiger partial charge >= 0.3 is 5.97 Å². The van der Waals surface area contributed by atoms with E-state index in [0.29, 0.717) is 86.5 Å². The fraction of sp³-hybridized carbons (Fsp3) is 0.750. The Labute approximate surface area is 372 Å². The maximum absolute atomic E-state index is 12.8. The van der Waals surface area contributed by atoms with Gasteiger partial charge in [-0.15, -0.1) is 0 Å². The molecule has 0 aromatic carbocycles. The molecule has 10 heteroatoms. The van der Waals surface area contributed by atoms with Gasteiger partial charge in [0.15, 0.2) is 0 Å². The maximum Gasteiger partial charge on any atom is 0.313 e. The number of ether oxygens (including phenoxy) is 1. The summed E-state index contributed by atoms with van der Waals surface area (Å²) in [5, 5.41) is 35.5. The third kappa shape index (κ3) is 7.25. The van der Waals surface area contributed by atoms with Crippen molar-refractivity contribution < 1.29 is 28.2 Å². The van der Waals surface area contributed by atoms with Crippen LogP contribution in [-0.4, -0.2) is 65.4 Å². The van der Waals surface area contributed by atoms with E-state index >= 15 is 0 Å². The smallest absolute Gasteiger partial charge is 0.313 e. The summed E-state index contributed by atoms with van der Waals surface area (Å²) in [6, 6.07) is 5.42. The van der Waals surface area contributed by atoms with Gasteiger partial charge in [-0.25, -0.2) is 13.4 Å². The standard InChI is InChI=1S/C52H75N3O6S/c1-34(2)38-17-26-52(55-31-29-51(58)24-15-37(16-25-51)62(8,59)60)28-27-48(6)40(43(38)52)11-12-42-47(5)20-18-39(46(3,4)41(47)19-21-49(42,48)7)35-13-22-50(23-14-35,45(56)57)33-61-44-36(32-53)10-9-30-54-44/h9-10,13,18,30,37-38,40-43,55,58H,1,11-12,14-17,19-29,31,33H2,2-8H3,(H,56,57)/t37?,38?,40-,41+,42-,43-,47+,48-,49-,50+,51?,52+/m1/s1. The highest BCUT2D eigenvalue weighted by molar-refractivity contribution is 7.91. The van der Waals surface area contributed by atoms with Crippen molar-refractivity contribution in [3.05, 3.63) is 59.3 Å². The van der Waals surface area contributed by atoms with Crippen molar-refractivity contribution in [2.24, 2.45) is 56.7 Å². The van der Waals surface area contributed by atoms with E-state index in [9.17, 15) is 28.7 Å². The minimum Gasteiger partial charge on any atom is -0.481 e. The molecule has 1 heterocycles. The number of nitriles is 1. The van der Waals surface area contributed by atoms with E-state index in [1.165, 1.54) is 61.5 Å². The summed E-state index contributed by atoms with van der Waals surface area (Å²) in [5.74, 6) is 2.06.